The number of methoxy groups -OCH3 is 1. The topological polar surface area (TPSA) is 49.7 Å². The first kappa shape index (κ1) is 12.1. The number of benzene rings is 1. The number of hydrogen-bond acceptors (Lipinski definition) is 3. The Morgan fingerprint density at radius 1 is 1.33 bits per heavy atom. The zero-order chi connectivity index (χ0) is 11.4. The summed E-state index contributed by atoms with van der Waals surface area (Å²) in [6.07, 6.45) is 1.80. The van der Waals surface area contributed by atoms with Crippen molar-refractivity contribution in [3.8, 4) is 5.75 Å². The van der Waals surface area contributed by atoms with E-state index in [1.54, 1.807) is 6.07 Å². The Morgan fingerprint density at radius 2 is 2.00 bits per heavy atom. The van der Waals surface area contributed by atoms with Crippen LogP contribution in [0.25, 0.3) is 0 Å². The minimum absolute atomic E-state index is 0.499. The molecule has 82 valence electrons. The maximum absolute atomic E-state index is 9.34. The van der Waals surface area contributed by atoms with Gasteiger partial charge in [-0.15, -0.1) is 0 Å². The second-order valence-electron chi connectivity index (χ2n) is 3.60. The van der Waals surface area contributed by atoms with Crippen LogP contribution in [0.1, 0.15) is 24.5 Å². The Kier molecular flexibility index (Phi) is 4.18. The molecule has 0 bridgehead atoms. The van der Waals surface area contributed by atoms with Gasteiger partial charge >= 0.3 is 7.12 Å². The van der Waals surface area contributed by atoms with Crippen molar-refractivity contribution in [1.82, 2.24) is 0 Å². The molecule has 1 rings (SSSR count). The molecule has 2 N–H and O–H groups in total. The van der Waals surface area contributed by atoms with Gasteiger partial charge in [-0.2, -0.15) is 0 Å². The van der Waals surface area contributed by atoms with Crippen molar-refractivity contribution in [2.24, 2.45) is 0 Å². The molecule has 0 fully saturated rings. The lowest BCUT2D eigenvalue weighted by molar-refractivity contribution is 0.402. The van der Waals surface area contributed by atoms with Gasteiger partial charge in [0.15, 0.2) is 0 Å². The smallest absolute Gasteiger partial charge is 0.492 e. The normalized spacial score (nSPS) is 10.2. The molecule has 0 aliphatic rings. The van der Waals surface area contributed by atoms with E-state index in [4.69, 9.17) is 4.74 Å². The maximum Gasteiger partial charge on any atom is 0.492 e. The molecule has 4 heteroatoms. The highest BCUT2D eigenvalue weighted by Crippen LogP contribution is 2.16. The van der Waals surface area contributed by atoms with E-state index in [2.05, 4.69) is 6.92 Å². The van der Waals surface area contributed by atoms with Crippen LogP contribution < -0.4 is 10.2 Å². The van der Waals surface area contributed by atoms with Crippen molar-refractivity contribution < 1.29 is 14.8 Å². The van der Waals surface area contributed by atoms with E-state index >= 15 is 0 Å². The van der Waals surface area contributed by atoms with Crippen LogP contribution in [-0.4, -0.2) is 24.3 Å². The van der Waals surface area contributed by atoms with Crippen LogP contribution in [0.4, 0.5) is 0 Å². The fourth-order valence-electron chi connectivity index (χ4n) is 1.80. The third kappa shape index (κ3) is 2.52. The second-order valence-corrected chi connectivity index (χ2v) is 3.60. The quantitative estimate of drug-likeness (QED) is 0.713. The van der Waals surface area contributed by atoms with E-state index in [1.807, 2.05) is 13.0 Å². The summed E-state index contributed by atoms with van der Waals surface area (Å²) in [5.41, 5.74) is 2.55. The Hall–Kier alpha value is -0.995. The average Bonchev–Trinajstić information content (AvgIpc) is 2.20. The molecule has 0 aromatic heterocycles. The van der Waals surface area contributed by atoms with Gasteiger partial charge in [0.05, 0.1) is 7.11 Å². The van der Waals surface area contributed by atoms with E-state index in [0.29, 0.717) is 11.2 Å². The van der Waals surface area contributed by atoms with Crippen molar-refractivity contribution in [2.45, 2.75) is 26.7 Å². The summed E-state index contributed by atoms with van der Waals surface area (Å²) < 4.78 is 5.13. The van der Waals surface area contributed by atoms with Crippen molar-refractivity contribution in [2.75, 3.05) is 7.11 Å². The zero-order valence-electron chi connectivity index (χ0n) is 9.45. The van der Waals surface area contributed by atoms with Gasteiger partial charge in [-0.25, -0.2) is 0 Å². The highest BCUT2D eigenvalue weighted by Gasteiger charge is 2.22. The van der Waals surface area contributed by atoms with Gasteiger partial charge in [-0.05, 0) is 30.5 Å². The summed E-state index contributed by atoms with van der Waals surface area (Å²) in [5.74, 6) is 0.541. The molecule has 0 unspecified atom stereocenters. The van der Waals surface area contributed by atoms with E-state index in [0.717, 1.165) is 24.0 Å². The zero-order valence-corrected chi connectivity index (χ0v) is 9.45. The molecule has 0 heterocycles. The van der Waals surface area contributed by atoms with Crippen LogP contribution in [0, 0.1) is 6.92 Å². The second kappa shape index (κ2) is 5.19. The first-order valence-corrected chi connectivity index (χ1v) is 5.14. The lowest BCUT2D eigenvalue weighted by atomic mass is 9.74. The first-order chi connectivity index (χ1) is 7.11. The fraction of sp³-hybridized carbons (Fsp3) is 0.455. The molecule has 1 aromatic rings. The minimum atomic E-state index is -1.47. The fourth-order valence-corrected chi connectivity index (χ4v) is 1.80. The predicted octanol–water partition coefficient (Wildman–Crippen LogP) is 0.636. The Morgan fingerprint density at radius 3 is 2.47 bits per heavy atom. The van der Waals surface area contributed by atoms with Crippen LogP contribution >= 0.6 is 0 Å². The van der Waals surface area contributed by atoms with Crippen LogP contribution in [0.15, 0.2) is 12.1 Å². The van der Waals surface area contributed by atoms with Crippen LogP contribution in [0.5, 0.6) is 5.75 Å². The van der Waals surface area contributed by atoms with Crippen LogP contribution in [0.3, 0.4) is 0 Å². The average molecular weight is 208 g/mol. The molecule has 0 amide bonds. The van der Waals surface area contributed by atoms with Gasteiger partial charge in [0.2, 0.25) is 0 Å². The predicted molar refractivity (Wildman–Crippen MR) is 61.6 cm³/mol. The standard InChI is InChI=1S/C11H17BO3/c1-4-5-9-8(2)6-7-10(15-3)11(9)12(13)14/h6-7,13-14H,4-5H2,1-3H3. The molecule has 0 saturated heterocycles. The van der Waals surface area contributed by atoms with Crippen molar-refractivity contribution in [3.63, 3.8) is 0 Å². The van der Waals surface area contributed by atoms with Crippen LogP contribution in [-0.2, 0) is 6.42 Å². The third-order valence-corrected chi connectivity index (χ3v) is 2.53. The number of hydrogen-bond donors (Lipinski definition) is 2. The lowest BCUT2D eigenvalue weighted by Crippen LogP contribution is -2.35. The van der Waals surface area contributed by atoms with Gasteiger partial charge in [0.1, 0.15) is 5.75 Å². The number of rotatable bonds is 4. The van der Waals surface area contributed by atoms with Gasteiger partial charge in [0, 0.05) is 5.46 Å². The van der Waals surface area contributed by atoms with E-state index in [9.17, 15) is 10.0 Å². The largest absolute Gasteiger partial charge is 0.497 e. The monoisotopic (exact) mass is 208 g/mol. The van der Waals surface area contributed by atoms with Gasteiger partial charge in [0.25, 0.3) is 0 Å². The third-order valence-electron chi connectivity index (χ3n) is 2.53. The highest BCUT2D eigenvalue weighted by molar-refractivity contribution is 6.60. The van der Waals surface area contributed by atoms with Crippen LogP contribution in [0.2, 0.25) is 0 Å². The maximum atomic E-state index is 9.34. The van der Waals surface area contributed by atoms with Crippen molar-refractivity contribution in [3.05, 3.63) is 23.3 Å². The summed E-state index contributed by atoms with van der Waals surface area (Å²) in [4.78, 5) is 0. The molecule has 0 aliphatic carbocycles. The summed E-state index contributed by atoms with van der Waals surface area (Å²) >= 11 is 0. The highest BCUT2D eigenvalue weighted by atomic mass is 16.5. The van der Waals surface area contributed by atoms with Crippen molar-refractivity contribution in [1.29, 1.82) is 0 Å². The summed E-state index contributed by atoms with van der Waals surface area (Å²) in [7, 11) is 0.0631. The first-order valence-electron chi connectivity index (χ1n) is 5.14. The molecular formula is C11H17BO3. The minimum Gasteiger partial charge on any atom is -0.497 e. The number of aryl methyl sites for hydroxylation is 1. The van der Waals surface area contributed by atoms with Crippen molar-refractivity contribution >= 4 is 12.6 Å². The van der Waals surface area contributed by atoms with Gasteiger partial charge in [-0.3, -0.25) is 0 Å². The summed E-state index contributed by atoms with van der Waals surface area (Å²) in [6.45, 7) is 4.03. The molecule has 0 spiro atoms. The molecule has 0 aliphatic heterocycles. The summed E-state index contributed by atoms with van der Waals surface area (Å²) in [6, 6.07) is 3.71. The molecule has 3 nitrogen and oxygen atoms in total. The molecule has 1 aromatic carbocycles. The molecule has 15 heavy (non-hydrogen) atoms. The molecule has 0 atom stereocenters. The van der Waals surface area contributed by atoms with E-state index < -0.39 is 7.12 Å². The Balaban J connectivity index is 3.30. The molecular weight excluding hydrogens is 191 g/mol. The van der Waals surface area contributed by atoms with E-state index in [1.165, 1.54) is 7.11 Å². The van der Waals surface area contributed by atoms with Gasteiger partial charge in [-0.1, -0.05) is 19.4 Å². The molecule has 0 saturated carbocycles. The number of ether oxygens (including phenoxy) is 1. The Bertz CT molecular complexity index is 337. The van der Waals surface area contributed by atoms with Gasteiger partial charge < -0.3 is 14.8 Å². The van der Waals surface area contributed by atoms with E-state index in [-0.39, 0.29) is 0 Å². The summed E-state index contributed by atoms with van der Waals surface area (Å²) in [5, 5.41) is 18.7. The molecule has 0 radical (unpaired) electrons. The Labute approximate surface area is 90.9 Å². The lowest BCUT2D eigenvalue weighted by Gasteiger charge is -2.15. The SMILES string of the molecule is CCCc1c(C)ccc(OC)c1B(O)O.